The second kappa shape index (κ2) is 4.81. The first-order valence-electron chi connectivity index (χ1n) is 4.95. The number of carbonyl (C=O) groups is 1. The summed E-state index contributed by atoms with van der Waals surface area (Å²) in [6.45, 7) is 0.103. The van der Waals surface area contributed by atoms with Crippen molar-refractivity contribution in [3.05, 3.63) is 22.7 Å². The van der Waals surface area contributed by atoms with Crippen LogP contribution in [0.2, 0.25) is 5.02 Å². The van der Waals surface area contributed by atoms with Crippen LogP contribution in [0, 0.1) is 0 Å². The Morgan fingerprint density at radius 1 is 1.59 bits per heavy atom. The minimum absolute atomic E-state index is 0.103. The molecule has 1 aliphatic rings. The number of hydrogen-bond donors (Lipinski definition) is 1. The number of benzene rings is 1. The Bertz CT molecular complexity index is 446. The molecule has 0 saturated heterocycles. The van der Waals surface area contributed by atoms with Crippen LogP contribution in [0.25, 0.3) is 0 Å². The molecule has 0 radical (unpaired) electrons. The highest BCUT2D eigenvalue weighted by atomic mass is 35.5. The van der Waals surface area contributed by atoms with E-state index in [1.54, 1.807) is 12.1 Å². The summed E-state index contributed by atoms with van der Waals surface area (Å²) in [5.41, 5.74) is 0.490. The van der Waals surface area contributed by atoms with Gasteiger partial charge in [0.2, 0.25) is 6.79 Å². The lowest BCUT2D eigenvalue weighted by Gasteiger charge is -2.11. The van der Waals surface area contributed by atoms with E-state index in [2.05, 4.69) is 4.74 Å². The van der Waals surface area contributed by atoms with Crippen molar-refractivity contribution in [3.8, 4) is 11.5 Å². The molecule has 17 heavy (non-hydrogen) atoms. The number of hydrogen-bond acceptors (Lipinski definition) is 5. The standard InChI is InChI=1S/C11H11ClO5/c1-15-10(14)4-8(13)6-2-7(12)11-9(3-6)16-5-17-11/h2-3,8,13H,4-5H2,1H3. The number of esters is 1. The molecule has 1 N–H and O–H groups in total. The lowest BCUT2D eigenvalue weighted by Crippen LogP contribution is -2.08. The molecule has 6 heteroatoms. The molecular formula is C11H11ClO5. The molecule has 0 aliphatic carbocycles. The molecule has 5 nitrogen and oxygen atoms in total. The van der Waals surface area contributed by atoms with Crippen LogP contribution in [-0.2, 0) is 9.53 Å². The highest BCUT2D eigenvalue weighted by molar-refractivity contribution is 6.32. The van der Waals surface area contributed by atoms with Gasteiger partial charge in [0.15, 0.2) is 11.5 Å². The quantitative estimate of drug-likeness (QED) is 0.836. The number of methoxy groups -OCH3 is 1. The van der Waals surface area contributed by atoms with Crippen molar-refractivity contribution in [2.45, 2.75) is 12.5 Å². The lowest BCUT2D eigenvalue weighted by atomic mass is 10.1. The van der Waals surface area contributed by atoms with E-state index in [1.165, 1.54) is 7.11 Å². The van der Waals surface area contributed by atoms with Crippen molar-refractivity contribution in [2.24, 2.45) is 0 Å². The van der Waals surface area contributed by atoms with Crippen molar-refractivity contribution >= 4 is 17.6 Å². The van der Waals surface area contributed by atoms with Gasteiger partial charge in [-0.1, -0.05) is 11.6 Å². The second-order valence-electron chi connectivity index (χ2n) is 3.53. The van der Waals surface area contributed by atoms with Gasteiger partial charge in [0.25, 0.3) is 0 Å². The van der Waals surface area contributed by atoms with E-state index in [1.807, 2.05) is 0 Å². The fourth-order valence-electron chi connectivity index (χ4n) is 1.54. The maximum absolute atomic E-state index is 11.0. The van der Waals surface area contributed by atoms with Gasteiger partial charge in [-0.2, -0.15) is 0 Å². The van der Waals surface area contributed by atoms with Gasteiger partial charge in [0, 0.05) is 0 Å². The largest absolute Gasteiger partial charge is 0.469 e. The molecule has 0 amide bonds. The summed E-state index contributed by atoms with van der Waals surface area (Å²) in [6.07, 6.45) is -1.11. The molecule has 1 heterocycles. The van der Waals surface area contributed by atoms with Crippen LogP contribution in [0.15, 0.2) is 12.1 Å². The van der Waals surface area contributed by atoms with Crippen molar-refractivity contribution in [1.82, 2.24) is 0 Å². The Kier molecular flexibility index (Phi) is 3.40. The van der Waals surface area contributed by atoms with Crippen LogP contribution in [-0.4, -0.2) is 25.0 Å². The zero-order valence-electron chi connectivity index (χ0n) is 9.10. The number of rotatable bonds is 3. The first-order valence-corrected chi connectivity index (χ1v) is 5.33. The maximum Gasteiger partial charge on any atom is 0.308 e. The van der Waals surface area contributed by atoms with Crippen LogP contribution >= 0.6 is 11.6 Å². The van der Waals surface area contributed by atoms with E-state index < -0.39 is 12.1 Å². The summed E-state index contributed by atoms with van der Waals surface area (Å²) in [7, 11) is 1.27. The molecule has 0 spiro atoms. The molecular weight excluding hydrogens is 248 g/mol. The zero-order chi connectivity index (χ0) is 12.4. The topological polar surface area (TPSA) is 65.0 Å². The molecule has 1 aromatic carbocycles. The van der Waals surface area contributed by atoms with Gasteiger partial charge in [-0.05, 0) is 17.7 Å². The van der Waals surface area contributed by atoms with Crippen LogP contribution in [0.5, 0.6) is 11.5 Å². The molecule has 0 fully saturated rings. The van der Waals surface area contributed by atoms with Crippen molar-refractivity contribution in [3.63, 3.8) is 0 Å². The highest BCUT2D eigenvalue weighted by Gasteiger charge is 2.22. The van der Waals surface area contributed by atoms with Crippen LogP contribution in [0.4, 0.5) is 0 Å². The van der Waals surface area contributed by atoms with Crippen LogP contribution < -0.4 is 9.47 Å². The number of halogens is 1. The Labute approximate surface area is 103 Å². The van der Waals surface area contributed by atoms with Gasteiger partial charge in [-0.15, -0.1) is 0 Å². The summed E-state index contributed by atoms with van der Waals surface area (Å²) in [5, 5.41) is 10.2. The van der Waals surface area contributed by atoms with Crippen molar-refractivity contribution in [2.75, 3.05) is 13.9 Å². The number of fused-ring (bicyclic) bond motifs is 1. The van der Waals surface area contributed by atoms with Gasteiger partial charge in [0.1, 0.15) is 0 Å². The summed E-state index contributed by atoms with van der Waals surface area (Å²) in [6, 6.07) is 3.14. The van der Waals surface area contributed by atoms with E-state index in [0.29, 0.717) is 22.1 Å². The number of aliphatic hydroxyl groups is 1. The Hall–Kier alpha value is -1.46. The molecule has 0 saturated carbocycles. The zero-order valence-corrected chi connectivity index (χ0v) is 9.86. The number of aliphatic hydroxyl groups excluding tert-OH is 1. The molecule has 2 rings (SSSR count). The van der Waals surface area contributed by atoms with E-state index in [9.17, 15) is 9.90 Å². The first-order chi connectivity index (χ1) is 8.11. The minimum Gasteiger partial charge on any atom is -0.469 e. The highest BCUT2D eigenvalue weighted by Crippen LogP contribution is 2.41. The predicted octanol–water partition coefficient (Wildman–Crippen LogP) is 1.67. The SMILES string of the molecule is COC(=O)CC(O)c1cc(Cl)c2c(c1)OCO2. The number of ether oxygens (including phenoxy) is 3. The summed E-state index contributed by atoms with van der Waals surface area (Å²) < 4.78 is 14.8. The summed E-state index contributed by atoms with van der Waals surface area (Å²) >= 11 is 5.96. The van der Waals surface area contributed by atoms with Crippen LogP contribution in [0.3, 0.4) is 0 Å². The lowest BCUT2D eigenvalue weighted by molar-refractivity contribution is -0.142. The fraction of sp³-hybridized carbons (Fsp3) is 0.364. The van der Waals surface area contributed by atoms with Gasteiger partial charge in [-0.25, -0.2) is 0 Å². The van der Waals surface area contributed by atoms with E-state index in [4.69, 9.17) is 21.1 Å². The third-order valence-corrected chi connectivity index (χ3v) is 2.70. The Balaban J connectivity index is 2.22. The average molecular weight is 259 g/mol. The third-order valence-electron chi connectivity index (χ3n) is 2.42. The molecule has 92 valence electrons. The molecule has 1 unspecified atom stereocenters. The van der Waals surface area contributed by atoms with Gasteiger partial charge >= 0.3 is 5.97 Å². The molecule has 0 aromatic heterocycles. The van der Waals surface area contributed by atoms with Gasteiger partial charge in [0.05, 0.1) is 24.7 Å². The minimum atomic E-state index is -0.977. The third kappa shape index (κ3) is 2.45. The molecule has 1 aliphatic heterocycles. The molecule has 1 atom stereocenters. The smallest absolute Gasteiger partial charge is 0.308 e. The van der Waals surface area contributed by atoms with Gasteiger partial charge < -0.3 is 19.3 Å². The van der Waals surface area contributed by atoms with E-state index >= 15 is 0 Å². The van der Waals surface area contributed by atoms with Gasteiger partial charge in [-0.3, -0.25) is 4.79 Å². The summed E-state index contributed by atoms with van der Waals surface area (Å²) in [5.74, 6) is 0.434. The summed E-state index contributed by atoms with van der Waals surface area (Å²) in [4.78, 5) is 11.0. The Morgan fingerprint density at radius 2 is 2.35 bits per heavy atom. The average Bonchev–Trinajstić information content (AvgIpc) is 2.77. The fourth-order valence-corrected chi connectivity index (χ4v) is 1.81. The van der Waals surface area contributed by atoms with E-state index in [0.717, 1.165) is 0 Å². The number of carbonyl (C=O) groups excluding carboxylic acids is 1. The Morgan fingerprint density at radius 3 is 3.06 bits per heavy atom. The van der Waals surface area contributed by atoms with Crippen LogP contribution in [0.1, 0.15) is 18.1 Å². The predicted molar refractivity (Wildman–Crippen MR) is 59.2 cm³/mol. The first kappa shape index (κ1) is 12.0. The normalized spacial score (nSPS) is 14.5. The van der Waals surface area contributed by atoms with Crippen molar-refractivity contribution in [1.29, 1.82) is 0 Å². The monoisotopic (exact) mass is 258 g/mol. The van der Waals surface area contributed by atoms with E-state index in [-0.39, 0.29) is 13.2 Å². The maximum atomic E-state index is 11.0. The van der Waals surface area contributed by atoms with Crippen molar-refractivity contribution < 1.29 is 24.1 Å². The molecule has 1 aromatic rings. The second-order valence-corrected chi connectivity index (χ2v) is 3.94. The molecule has 0 bridgehead atoms.